The molecule has 0 aromatic heterocycles. The average Bonchev–Trinajstić information content (AvgIpc) is 2.37. The van der Waals surface area contributed by atoms with Crippen molar-refractivity contribution in [3.63, 3.8) is 0 Å². The maximum absolute atomic E-state index is 9.49. The quantitative estimate of drug-likeness (QED) is 0.885. The summed E-state index contributed by atoms with van der Waals surface area (Å²) in [4.78, 5) is 2.41. The summed E-state index contributed by atoms with van der Waals surface area (Å²) >= 11 is 6.35. The van der Waals surface area contributed by atoms with Gasteiger partial charge in [0.25, 0.3) is 0 Å². The summed E-state index contributed by atoms with van der Waals surface area (Å²) < 4.78 is 0. The van der Waals surface area contributed by atoms with Crippen molar-refractivity contribution < 1.29 is 5.11 Å². The highest BCUT2D eigenvalue weighted by Crippen LogP contribution is 2.39. The Morgan fingerprint density at radius 2 is 1.94 bits per heavy atom. The topological polar surface area (TPSA) is 23.5 Å². The molecule has 1 aliphatic carbocycles. The van der Waals surface area contributed by atoms with E-state index in [0.717, 1.165) is 41.2 Å². The average molecular weight is 266 g/mol. The third-order valence-electron chi connectivity index (χ3n) is 4.41. The number of benzene rings is 1. The second-order valence-corrected chi connectivity index (χ2v) is 6.12. The number of halogens is 1. The first kappa shape index (κ1) is 12.3. The van der Waals surface area contributed by atoms with Crippen molar-refractivity contribution in [1.29, 1.82) is 0 Å². The number of aliphatic hydroxyl groups excluding tert-OH is 1. The predicted octanol–water partition coefficient (Wildman–Crippen LogP) is 3.46. The lowest BCUT2D eigenvalue weighted by atomic mass is 9.77. The minimum atomic E-state index is 0.0712. The molecule has 18 heavy (non-hydrogen) atoms. The predicted molar refractivity (Wildman–Crippen MR) is 75.0 cm³/mol. The molecular formula is C15H20ClNO. The summed E-state index contributed by atoms with van der Waals surface area (Å²) in [5.41, 5.74) is 2.03. The van der Waals surface area contributed by atoms with E-state index in [1.165, 1.54) is 25.7 Å². The number of aliphatic hydroxyl groups is 1. The van der Waals surface area contributed by atoms with Crippen LogP contribution < -0.4 is 4.90 Å². The molecule has 1 saturated carbocycles. The van der Waals surface area contributed by atoms with Crippen LogP contribution in [0.3, 0.4) is 0 Å². The first-order valence-electron chi connectivity index (χ1n) is 6.91. The van der Waals surface area contributed by atoms with Crippen molar-refractivity contribution >= 4 is 17.3 Å². The highest BCUT2D eigenvalue weighted by atomic mass is 35.5. The second-order valence-electron chi connectivity index (χ2n) is 5.71. The third-order valence-corrected chi connectivity index (χ3v) is 4.71. The molecular weight excluding hydrogens is 246 g/mol. The van der Waals surface area contributed by atoms with Crippen molar-refractivity contribution in [1.82, 2.24) is 0 Å². The number of anilines is 1. The van der Waals surface area contributed by atoms with Gasteiger partial charge in [0.05, 0.1) is 17.3 Å². The third kappa shape index (κ3) is 2.24. The standard InChI is InChI=1S/C15H20ClNO/c16-14-6-2-5-13(10-18)15(14)17-8-11-3-1-4-12(7-11)9-17/h2,5-6,11-12,18H,1,3-4,7-10H2. The van der Waals surface area contributed by atoms with Gasteiger partial charge in [0, 0.05) is 18.7 Å². The normalized spacial score (nSPS) is 27.3. The van der Waals surface area contributed by atoms with Crippen LogP contribution in [0.4, 0.5) is 5.69 Å². The SMILES string of the molecule is OCc1cccc(Cl)c1N1CC2CCCC(C2)C1. The van der Waals surface area contributed by atoms with Gasteiger partial charge in [-0.1, -0.05) is 30.2 Å². The summed E-state index contributed by atoms with van der Waals surface area (Å²) in [6.07, 6.45) is 5.48. The van der Waals surface area contributed by atoms with Gasteiger partial charge in [-0.05, 0) is 37.2 Å². The molecule has 0 amide bonds. The van der Waals surface area contributed by atoms with Crippen LogP contribution in [-0.2, 0) is 6.61 Å². The molecule has 2 fully saturated rings. The Bertz CT molecular complexity index is 423. The number of piperidine rings is 1. The molecule has 2 nitrogen and oxygen atoms in total. The maximum atomic E-state index is 9.49. The zero-order chi connectivity index (χ0) is 12.5. The summed E-state index contributed by atoms with van der Waals surface area (Å²) in [6, 6.07) is 5.83. The second kappa shape index (κ2) is 5.10. The van der Waals surface area contributed by atoms with Crippen LogP contribution in [0.15, 0.2) is 18.2 Å². The maximum Gasteiger partial charge on any atom is 0.0702 e. The number of hydrogen-bond donors (Lipinski definition) is 1. The highest BCUT2D eigenvalue weighted by molar-refractivity contribution is 6.33. The van der Waals surface area contributed by atoms with E-state index in [9.17, 15) is 5.11 Å². The number of rotatable bonds is 2. The van der Waals surface area contributed by atoms with Gasteiger partial charge in [-0.15, -0.1) is 0 Å². The molecule has 1 N–H and O–H groups in total. The van der Waals surface area contributed by atoms with Crippen LogP contribution in [0.25, 0.3) is 0 Å². The van der Waals surface area contributed by atoms with Gasteiger partial charge in [0.2, 0.25) is 0 Å². The van der Waals surface area contributed by atoms with E-state index in [1.807, 2.05) is 18.2 Å². The van der Waals surface area contributed by atoms with Gasteiger partial charge >= 0.3 is 0 Å². The van der Waals surface area contributed by atoms with Gasteiger partial charge in [-0.3, -0.25) is 0 Å². The number of para-hydroxylation sites is 1. The molecule has 1 aliphatic heterocycles. The van der Waals surface area contributed by atoms with Crippen LogP contribution in [0.2, 0.25) is 5.02 Å². The van der Waals surface area contributed by atoms with Gasteiger partial charge in [0.1, 0.15) is 0 Å². The van der Waals surface area contributed by atoms with Gasteiger partial charge < -0.3 is 10.0 Å². The minimum Gasteiger partial charge on any atom is -0.392 e. The van der Waals surface area contributed by atoms with Gasteiger partial charge in [0.15, 0.2) is 0 Å². The molecule has 2 unspecified atom stereocenters. The monoisotopic (exact) mass is 265 g/mol. The van der Waals surface area contributed by atoms with E-state index in [-0.39, 0.29) is 6.61 Å². The molecule has 3 rings (SSSR count). The largest absolute Gasteiger partial charge is 0.392 e. The zero-order valence-electron chi connectivity index (χ0n) is 10.6. The molecule has 2 bridgehead atoms. The Kier molecular flexibility index (Phi) is 3.49. The van der Waals surface area contributed by atoms with Crippen LogP contribution in [0.1, 0.15) is 31.2 Å². The van der Waals surface area contributed by atoms with Crippen LogP contribution in [0.5, 0.6) is 0 Å². The summed E-state index contributed by atoms with van der Waals surface area (Å²) in [6.45, 7) is 2.28. The molecule has 0 radical (unpaired) electrons. The van der Waals surface area contributed by atoms with E-state index >= 15 is 0 Å². The van der Waals surface area contributed by atoms with E-state index in [0.29, 0.717) is 0 Å². The Hall–Kier alpha value is -0.730. The van der Waals surface area contributed by atoms with Crippen LogP contribution in [-0.4, -0.2) is 18.2 Å². The molecule has 98 valence electrons. The number of fused-ring (bicyclic) bond motifs is 2. The molecule has 1 aromatic carbocycles. The first-order valence-corrected chi connectivity index (χ1v) is 7.29. The molecule has 2 aliphatic rings. The van der Waals surface area contributed by atoms with Crippen molar-refractivity contribution in [3.8, 4) is 0 Å². The van der Waals surface area contributed by atoms with E-state index < -0.39 is 0 Å². The number of nitrogens with zero attached hydrogens (tertiary/aromatic N) is 1. The van der Waals surface area contributed by atoms with Crippen LogP contribution in [0, 0.1) is 11.8 Å². The fraction of sp³-hybridized carbons (Fsp3) is 0.600. The zero-order valence-corrected chi connectivity index (χ0v) is 11.4. The molecule has 1 aromatic rings. The smallest absolute Gasteiger partial charge is 0.0702 e. The summed E-state index contributed by atoms with van der Waals surface area (Å²) in [7, 11) is 0. The van der Waals surface area contributed by atoms with Crippen molar-refractivity contribution in [3.05, 3.63) is 28.8 Å². The highest BCUT2D eigenvalue weighted by Gasteiger charge is 2.31. The Balaban J connectivity index is 1.90. The lowest BCUT2D eigenvalue weighted by molar-refractivity contribution is 0.230. The minimum absolute atomic E-state index is 0.0712. The summed E-state index contributed by atoms with van der Waals surface area (Å²) in [5, 5.41) is 10.3. The van der Waals surface area contributed by atoms with Gasteiger partial charge in [-0.2, -0.15) is 0 Å². The van der Waals surface area contributed by atoms with Crippen molar-refractivity contribution in [2.45, 2.75) is 32.3 Å². The number of hydrogen-bond acceptors (Lipinski definition) is 2. The lowest BCUT2D eigenvalue weighted by Crippen LogP contribution is -2.43. The fourth-order valence-corrected chi connectivity index (χ4v) is 3.97. The van der Waals surface area contributed by atoms with Crippen molar-refractivity contribution in [2.24, 2.45) is 11.8 Å². The van der Waals surface area contributed by atoms with Crippen LogP contribution >= 0.6 is 11.6 Å². The Morgan fingerprint density at radius 1 is 1.22 bits per heavy atom. The van der Waals surface area contributed by atoms with Crippen molar-refractivity contribution in [2.75, 3.05) is 18.0 Å². The molecule has 2 atom stereocenters. The lowest BCUT2D eigenvalue weighted by Gasteiger charge is -2.43. The van der Waals surface area contributed by atoms with E-state index in [2.05, 4.69) is 4.90 Å². The molecule has 1 heterocycles. The Morgan fingerprint density at radius 3 is 2.61 bits per heavy atom. The molecule has 3 heteroatoms. The first-order chi connectivity index (χ1) is 8.78. The Labute approximate surface area is 114 Å². The summed E-state index contributed by atoms with van der Waals surface area (Å²) in [5.74, 6) is 1.64. The van der Waals surface area contributed by atoms with Gasteiger partial charge in [-0.25, -0.2) is 0 Å². The molecule has 1 saturated heterocycles. The van der Waals surface area contributed by atoms with E-state index in [1.54, 1.807) is 0 Å². The van der Waals surface area contributed by atoms with E-state index in [4.69, 9.17) is 11.6 Å². The fourth-order valence-electron chi connectivity index (χ4n) is 3.66. The molecule has 0 spiro atoms.